The summed E-state index contributed by atoms with van der Waals surface area (Å²) < 4.78 is 15.1. The first-order chi connectivity index (χ1) is 15.7. The molecule has 0 heterocycles. The molecule has 2 aliphatic carbocycles. The van der Waals surface area contributed by atoms with E-state index in [0.29, 0.717) is 11.8 Å². The Labute approximate surface area is 196 Å². The predicted molar refractivity (Wildman–Crippen MR) is 136 cm³/mol. The first-order valence-electron chi connectivity index (χ1n) is 13.6. The Bertz CT molecular complexity index is 820. The van der Waals surface area contributed by atoms with Crippen molar-refractivity contribution >= 4 is 0 Å². The van der Waals surface area contributed by atoms with Crippen molar-refractivity contribution in [2.24, 2.45) is 11.8 Å². The lowest BCUT2D eigenvalue weighted by atomic mass is 9.76. The molecule has 0 atom stereocenters. The second kappa shape index (κ2) is 11.5. The number of benzene rings is 2. The number of hydrogen-bond acceptors (Lipinski definition) is 0. The third kappa shape index (κ3) is 5.83. The quantitative estimate of drug-likeness (QED) is 0.387. The summed E-state index contributed by atoms with van der Waals surface area (Å²) in [4.78, 5) is 0. The van der Waals surface area contributed by atoms with Crippen LogP contribution in [0.2, 0.25) is 0 Å². The van der Waals surface area contributed by atoms with Crippen molar-refractivity contribution in [3.05, 3.63) is 59.4 Å². The zero-order valence-corrected chi connectivity index (χ0v) is 20.4. The summed E-state index contributed by atoms with van der Waals surface area (Å²) in [6.07, 6.45) is 17.0. The smallest absolute Gasteiger partial charge is 0.127 e. The van der Waals surface area contributed by atoms with Crippen molar-refractivity contribution in [2.45, 2.75) is 109 Å². The van der Waals surface area contributed by atoms with Gasteiger partial charge in [-0.2, -0.15) is 0 Å². The second-order valence-electron chi connectivity index (χ2n) is 10.7. The van der Waals surface area contributed by atoms with Gasteiger partial charge in [-0.25, -0.2) is 4.39 Å². The van der Waals surface area contributed by atoms with Gasteiger partial charge in [-0.3, -0.25) is 0 Å². The fourth-order valence-electron chi connectivity index (χ4n) is 6.43. The van der Waals surface area contributed by atoms with Gasteiger partial charge in [0, 0.05) is 0 Å². The second-order valence-corrected chi connectivity index (χ2v) is 10.7. The molecule has 0 radical (unpaired) electrons. The van der Waals surface area contributed by atoms with E-state index in [0.717, 1.165) is 41.4 Å². The Morgan fingerprint density at radius 3 is 1.84 bits per heavy atom. The minimum atomic E-state index is -0.00201. The van der Waals surface area contributed by atoms with E-state index in [4.69, 9.17) is 0 Å². The molecule has 174 valence electrons. The van der Waals surface area contributed by atoms with Crippen LogP contribution in [0.15, 0.2) is 42.5 Å². The fraction of sp³-hybridized carbons (Fsp3) is 0.613. The lowest BCUT2D eigenvalue weighted by molar-refractivity contribution is 0.301. The van der Waals surface area contributed by atoms with Crippen LogP contribution >= 0.6 is 0 Å². The third-order valence-electron chi connectivity index (χ3n) is 8.51. The first-order valence-corrected chi connectivity index (χ1v) is 13.6. The van der Waals surface area contributed by atoms with E-state index in [2.05, 4.69) is 50.2 Å². The fourth-order valence-corrected chi connectivity index (χ4v) is 6.43. The van der Waals surface area contributed by atoms with Crippen LogP contribution in [0.4, 0.5) is 4.39 Å². The molecule has 2 aliphatic rings. The maximum Gasteiger partial charge on any atom is 0.127 e. The van der Waals surface area contributed by atoms with Crippen molar-refractivity contribution in [2.75, 3.05) is 0 Å². The first kappa shape index (κ1) is 23.5. The highest BCUT2D eigenvalue weighted by Crippen LogP contribution is 2.40. The van der Waals surface area contributed by atoms with Gasteiger partial charge in [0.05, 0.1) is 0 Å². The number of rotatable bonds is 8. The molecule has 0 N–H and O–H groups in total. The van der Waals surface area contributed by atoms with Crippen LogP contribution in [0.1, 0.15) is 120 Å². The van der Waals surface area contributed by atoms with Crippen molar-refractivity contribution < 1.29 is 4.39 Å². The van der Waals surface area contributed by atoms with Crippen molar-refractivity contribution in [3.8, 4) is 11.1 Å². The highest BCUT2D eigenvalue weighted by molar-refractivity contribution is 5.64. The summed E-state index contributed by atoms with van der Waals surface area (Å²) in [5, 5.41) is 0. The monoisotopic (exact) mass is 434 g/mol. The SMILES string of the molecule is CCCCC1CCC(c2ccc(-c3ccc(C4CCC(CCC)CC4)cc3)cc2F)CC1. The summed E-state index contributed by atoms with van der Waals surface area (Å²) in [6.45, 7) is 4.58. The summed E-state index contributed by atoms with van der Waals surface area (Å²) >= 11 is 0. The van der Waals surface area contributed by atoms with Gasteiger partial charge in [-0.1, -0.05) is 82.3 Å². The number of unbranched alkanes of at least 4 members (excludes halogenated alkanes) is 1. The van der Waals surface area contributed by atoms with Gasteiger partial charge in [0.25, 0.3) is 0 Å². The molecule has 0 spiro atoms. The van der Waals surface area contributed by atoms with E-state index in [9.17, 15) is 0 Å². The zero-order valence-electron chi connectivity index (χ0n) is 20.4. The van der Waals surface area contributed by atoms with Crippen LogP contribution < -0.4 is 0 Å². The van der Waals surface area contributed by atoms with E-state index in [1.165, 1.54) is 76.2 Å². The molecule has 0 unspecified atom stereocenters. The van der Waals surface area contributed by atoms with Crippen LogP contribution in [0, 0.1) is 17.7 Å². The topological polar surface area (TPSA) is 0 Å². The molecular weight excluding hydrogens is 391 g/mol. The van der Waals surface area contributed by atoms with E-state index < -0.39 is 0 Å². The van der Waals surface area contributed by atoms with E-state index in [1.54, 1.807) is 6.07 Å². The minimum absolute atomic E-state index is 0.00201. The van der Waals surface area contributed by atoms with Gasteiger partial charge in [0.1, 0.15) is 5.82 Å². The van der Waals surface area contributed by atoms with Crippen LogP contribution in [-0.2, 0) is 0 Å². The zero-order chi connectivity index (χ0) is 22.3. The lowest BCUT2D eigenvalue weighted by Crippen LogP contribution is -2.14. The Kier molecular flexibility index (Phi) is 8.44. The summed E-state index contributed by atoms with van der Waals surface area (Å²) in [5.41, 5.74) is 4.58. The molecule has 4 rings (SSSR count). The molecule has 0 saturated heterocycles. The molecule has 2 aromatic carbocycles. The van der Waals surface area contributed by atoms with Gasteiger partial charge in [0.2, 0.25) is 0 Å². The Hall–Kier alpha value is -1.63. The third-order valence-corrected chi connectivity index (χ3v) is 8.51. The molecule has 1 heteroatoms. The maximum atomic E-state index is 15.1. The molecule has 0 amide bonds. The van der Waals surface area contributed by atoms with Gasteiger partial charge < -0.3 is 0 Å². The molecule has 0 aliphatic heterocycles. The Morgan fingerprint density at radius 1 is 0.656 bits per heavy atom. The van der Waals surface area contributed by atoms with Crippen molar-refractivity contribution in [1.29, 1.82) is 0 Å². The van der Waals surface area contributed by atoms with Crippen molar-refractivity contribution in [3.63, 3.8) is 0 Å². The molecule has 0 nitrogen and oxygen atoms in total. The number of halogens is 1. The summed E-state index contributed by atoms with van der Waals surface area (Å²) in [5.74, 6) is 2.94. The van der Waals surface area contributed by atoms with E-state index >= 15 is 4.39 Å². The van der Waals surface area contributed by atoms with Gasteiger partial charge >= 0.3 is 0 Å². The van der Waals surface area contributed by atoms with Gasteiger partial charge in [-0.05, 0) is 103 Å². The van der Waals surface area contributed by atoms with E-state index in [1.807, 2.05) is 0 Å². The normalized spacial score (nSPS) is 26.2. The lowest BCUT2D eigenvalue weighted by Gasteiger charge is -2.29. The van der Waals surface area contributed by atoms with Crippen molar-refractivity contribution in [1.82, 2.24) is 0 Å². The van der Waals surface area contributed by atoms with Crippen LogP contribution in [-0.4, -0.2) is 0 Å². The summed E-state index contributed by atoms with van der Waals surface area (Å²) in [6, 6.07) is 15.0. The van der Waals surface area contributed by atoms with Crippen LogP contribution in [0.3, 0.4) is 0 Å². The largest absolute Gasteiger partial charge is 0.207 e. The highest BCUT2D eigenvalue weighted by Gasteiger charge is 2.24. The Morgan fingerprint density at radius 2 is 1.25 bits per heavy atom. The van der Waals surface area contributed by atoms with Crippen LogP contribution in [0.25, 0.3) is 11.1 Å². The Balaban J connectivity index is 1.36. The molecular formula is C31H43F. The molecule has 2 aromatic rings. The van der Waals surface area contributed by atoms with Crippen LogP contribution in [0.5, 0.6) is 0 Å². The predicted octanol–water partition coefficient (Wildman–Crippen LogP) is 10.0. The molecule has 32 heavy (non-hydrogen) atoms. The average molecular weight is 435 g/mol. The molecule has 2 fully saturated rings. The maximum absolute atomic E-state index is 15.1. The highest BCUT2D eigenvalue weighted by atomic mass is 19.1. The standard InChI is InChI=1S/C31H43F/c1-3-5-7-24-10-14-28(15-11-24)30-21-20-29(22-31(30)32)27-18-16-26(17-19-27)25-12-8-23(6-4-2)9-13-25/h16-25,28H,3-15H2,1-2H3. The summed E-state index contributed by atoms with van der Waals surface area (Å²) in [7, 11) is 0. The molecule has 0 bridgehead atoms. The van der Waals surface area contributed by atoms with Gasteiger partial charge in [0.15, 0.2) is 0 Å². The van der Waals surface area contributed by atoms with Gasteiger partial charge in [-0.15, -0.1) is 0 Å². The average Bonchev–Trinajstić information content (AvgIpc) is 2.84. The van der Waals surface area contributed by atoms with E-state index in [-0.39, 0.29) is 5.82 Å². The minimum Gasteiger partial charge on any atom is -0.207 e. The molecule has 0 aromatic heterocycles. The molecule has 2 saturated carbocycles. The number of hydrogen-bond donors (Lipinski definition) is 0.